The van der Waals surface area contributed by atoms with Gasteiger partial charge in [0.15, 0.2) is 0 Å². The van der Waals surface area contributed by atoms with Gasteiger partial charge in [-0.1, -0.05) is 24.3 Å². The first-order valence-corrected chi connectivity index (χ1v) is 9.33. The zero-order valence-electron chi connectivity index (χ0n) is 15.4. The van der Waals surface area contributed by atoms with Crippen molar-refractivity contribution in [1.82, 2.24) is 9.80 Å². The predicted molar refractivity (Wildman–Crippen MR) is 108 cm³/mol. The van der Waals surface area contributed by atoms with Crippen molar-refractivity contribution in [1.29, 1.82) is 0 Å². The fourth-order valence-electron chi connectivity index (χ4n) is 4.29. The number of benzene rings is 2. The summed E-state index contributed by atoms with van der Waals surface area (Å²) in [5, 5.41) is 0. The van der Waals surface area contributed by atoms with Crippen molar-refractivity contribution in [3.05, 3.63) is 106 Å². The maximum atomic E-state index is 14.5. The monoisotopic (exact) mass is 398 g/mol. The Balaban J connectivity index is 1.56. The molecule has 4 aliphatic heterocycles. The van der Waals surface area contributed by atoms with Crippen molar-refractivity contribution in [3.8, 4) is 0 Å². The molecule has 144 valence electrons. The van der Waals surface area contributed by atoms with Crippen LogP contribution >= 0.6 is 0 Å². The number of carbonyl (C=O) groups excluding carboxylic acids is 2. The zero-order valence-corrected chi connectivity index (χ0v) is 15.4. The molecule has 0 saturated carbocycles. The molecular weight excluding hydrogens is 386 g/mol. The lowest BCUT2D eigenvalue weighted by Crippen LogP contribution is -2.25. The van der Waals surface area contributed by atoms with Crippen molar-refractivity contribution < 1.29 is 18.4 Å². The molecule has 0 bridgehead atoms. The molecule has 0 unspecified atom stereocenters. The Morgan fingerprint density at radius 2 is 1.07 bits per heavy atom. The normalized spacial score (nSPS) is 20.7. The standard InChI is InChI=1S/C24H12F2N2O2/c25-17-5-1-3-13-7-9-27-19(21(13)17)11-15(23(27)29)16-12-20-22-14(4-2-6-18(22)26)8-10-28(20)24(16)30/h1-12H. The minimum Gasteiger partial charge on any atom is -0.283 e. The Labute approximate surface area is 170 Å². The van der Waals surface area contributed by atoms with Gasteiger partial charge in [0.25, 0.3) is 11.8 Å². The van der Waals surface area contributed by atoms with E-state index in [2.05, 4.69) is 0 Å². The van der Waals surface area contributed by atoms with Crippen LogP contribution < -0.4 is 0 Å². The molecule has 2 amide bonds. The van der Waals surface area contributed by atoms with Crippen LogP contribution in [0.4, 0.5) is 8.78 Å². The van der Waals surface area contributed by atoms with E-state index in [0.29, 0.717) is 33.6 Å². The lowest BCUT2D eigenvalue weighted by atomic mass is 10.00. The third-order valence-corrected chi connectivity index (χ3v) is 5.68. The average Bonchev–Trinajstić information content (AvgIpc) is 3.25. The Hall–Kier alpha value is -4.06. The van der Waals surface area contributed by atoms with Gasteiger partial charge in [0, 0.05) is 23.5 Å². The number of amides is 2. The van der Waals surface area contributed by atoms with E-state index in [0.717, 1.165) is 0 Å². The van der Waals surface area contributed by atoms with Gasteiger partial charge in [-0.25, -0.2) is 8.78 Å². The van der Waals surface area contributed by atoms with Gasteiger partial charge in [-0.3, -0.25) is 19.4 Å². The van der Waals surface area contributed by atoms with E-state index in [1.807, 2.05) is 0 Å². The molecule has 0 spiro atoms. The molecular formula is C24H12F2N2O2. The van der Waals surface area contributed by atoms with Gasteiger partial charge in [0.2, 0.25) is 0 Å². The molecule has 0 radical (unpaired) electrons. The molecule has 0 N–H and O–H groups in total. The van der Waals surface area contributed by atoms with Crippen molar-refractivity contribution in [2.24, 2.45) is 0 Å². The summed E-state index contributed by atoms with van der Waals surface area (Å²) in [5.74, 6) is -1.74. The summed E-state index contributed by atoms with van der Waals surface area (Å²) < 4.78 is 29.0. The van der Waals surface area contributed by atoms with Gasteiger partial charge in [-0.05, 0) is 47.6 Å². The first kappa shape index (κ1) is 16.9. The Bertz CT molecular complexity index is 1260. The maximum Gasteiger partial charge on any atom is 0.263 e. The highest BCUT2D eigenvalue weighted by Gasteiger charge is 2.39. The fourth-order valence-corrected chi connectivity index (χ4v) is 4.29. The summed E-state index contributed by atoms with van der Waals surface area (Å²) in [6.07, 6.45) is 9.52. The summed E-state index contributed by atoms with van der Waals surface area (Å²) in [6.45, 7) is 0. The highest BCUT2D eigenvalue weighted by molar-refractivity contribution is 6.20. The van der Waals surface area contributed by atoms with Gasteiger partial charge in [-0.15, -0.1) is 0 Å². The molecule has 0 atom stereocenters. The van der Waals surface area contributed by atoms with Crippen LogP contribution in [0.25, 0.3) is 23.5 Å². The largest absolute Gasteiger partial charge is 0.283 e. The number of fused-ring (bicyclic) bond motifs is 6. The third-order valence-electron chi connectivity index (χ3n) is 5.68. The van der Waals surface area contributed by atoms with E-state index in [1.54, 1.807) is 48.8 Å². The van der Waals surface area contributed by atoms with Gasteiger partial charge < -0.3 is 0 Å². The highest BCUT2D eigenvalue weighted by atomic mass is 19.1. The molecule has 0 fully saturated rings. The number of nitrogens with zero attached hydrogens (tertiary/aromatic N) is 2. The maximum absolute atomic E-state index is 14.5. The van der Waals surface area contributed by atoms with E-state index in [4.69, 9.17) is 0 Å². The second-order valence-electron chi connectivity index (χ2n) is 7.28. The van der Waals surface area contributed by atoms with Crippen molar-refractivity contribution in [3.63, 3.8) is 0 Å². The molecule has 4 aliphatic rings. The average molecular weight is 398 g/mol. The molecule has 6 heteroatoms. The lowest BCUT2D eigenvalue weighted by Gasteiger charge is -2.22. The molecule has 30 heavy (non-hydrogen) atoms. The molecule has 0 saturated heterocycles. The molecule has 2 aromatic rings. The summed E-state index contributed by atoms with van der Waals surface area (Å²) in [5.41, 5.74) is 3.03. The van der Waals surface area contributed by atoms with Crippen LogP contribution in [0.5, 0.6) is 0 Å². The topological polar surface area (TPSA) is 40.6 Å². The van der Waals surface area contributed by atoms with E-state index in [-0.39, 0.29) is 11.1 Å². The Kier molecular flexibility index (Phi) is 3.22. The van der Waals surface area contributed by atoms with E-state index < -0.39 is 23.4 Å². The predicted octanol–water partition coefficient (Wildman–Crippen LogP) is 4.30. The van der Waals surface area contributed by atoms with Crippen LogP contribution in [0.2, 0.25) is 0 Å². The first-order valence-electron chi connectivity index (χ1n) is 9.33. The molecule has 2 aromatic carbocycles. The summed E-state index contributed by atoms with van der Waals surface area (Å²) >= 11 is 0. The van der Waals surface area contributed by atoms with Gasteiger partial charge >= 0.3 is 0 Å². The summed E-state index contributed by atoms with van der Waals surface area (Å²) in [7, 11) is 0. The minimum atomic E-state index is -0.445. The number of carbonyl (C=O) groups is 2. The fraction of sp³-hybridized carbons (Fsp3) is 0. The molecule has 0 aliphatic carbocycles. The molecule has 6 rings (SSSR count). The van der Waals surface area contributed by atoms with Crippen molar-refractivity contribution in [2.45, 2.75) is 0 Å². The lowest BCUT2D eigenvalue weighted by molar-refractivity contribution is -0.123. The van der Waals surface area contributed by atoms with Crippen LogP contribution in [-0.4, -0.2) is 21.6 Å². The second-order valence-corrected chi connectivity index (χ2v) is 7.28. The van der Waals surface area contributed by atoms with Crippen LogP contribution in [0.1, 0.15) is 22.3 Å². The quantitative estimate of drug-likeness (QED) is 0.621. The minimum absolute atomic E-state index is 0.156. The highest BCUT2D eigenvalue weighted by Crippen LogP contribution is 2.42. The van der Waals surface area contributed by atoms with E-state index in [1.165, 1.54) is 34.1 Å². The van der Waals surface area contributed by atoms with Crippen molar-refractivity contribution >= 4 is 35.4 Å². The Morgan fingerprint density at radius 3 is 1.50 bits per heavy atom. The number of halogens is 2. The first-order chi connectivity index (χ1) is 14.5. The van der Waals surface area contributed by atoms with Gasteiger partial charge in [0.1, 0.15) is 11.6 Å². The van der Waals surface area contributed by atoms with Crippen LogP contribution in [0, 0.1) is 11.6 Å². The second kappa shape index (κ2) is 5.73. The third kappa shape index (κ3) is 2.07. The van der Waals surface area contributed by atoms with Crippen LogP contribution in [0.15, 0.2) is 72.1 Å². The molecule has 4 nitrogen and oxygen atoms in total. The smallest absolute Gasteiger partial charge is 0.263 e. The summed E-state index contributed by atoms with van der Waals surface area (Å²) in [4.78, 5) is 28.8. The van der Waals surface area contributed by atoms with Crippen LogP contribution in [-0.2, 0) is 9.59 Å². The van der Waals surface area contributed by atoms with Crippen LogP contribution in [0.3, 0.4) is 0 Å². The number of hydrogen-bond acceptors (Lipinski definition) is 2. The van der Waals surface area contributed by atoms with Crippen molar-refractivity contribution in [2.75, 3.05) is 0 Å². The Morgan fingerprint density at radius 1 is 0.633 bits per heavy atom. The molecule has 0 aromatic heterocycles. The number of rotatable bonds is 0. The van der Waals surface area contributed by atoms with Gasteiger partial charge in [-0.2, -0.15) is 0 Å². The van der Waals surface area contributed by atoms with E-state index >= 15 is 0 Å². The van der Waals surface area contributed by atoms with E-state index in [9.17, 15) is 18.4 Å². The SMILES string of the molecule is O=C1C(=C2C=C3c4c(F)cccc4C=CN3C2=O)C=C2c3c(F)cccc3C=CN12. The number of hydrogen-bond donors (Lipinski definition) is 0. The molecule has 4 heterocycles. The summed E-state index contributed by atoms with van der Waals surface area (Å²) in [6, 6.07) is 9.39. The van der Waals surface area contributed by atoms with Gasteiger partial charge in [0.05, 0.1) is 22.5 Å². The zero-order chi connectivity index (χ0) is 20.6.